The SMILES string of the molecule is CC(CCO)NC(C)c1ccc(F)c(Br)c1. The van der Waals surface area contributed by atoms with Gasteiger partial charge in [0.1, 0.15) is 5.82 Å². The Morgan fingerprint density at radius 2 is 2.12 bits per heavy atom. The average Bonchev–Trinajstić information content (AvgIpc) is 2.22. The van der Waals surface area contributed by atoms with E-state index in [2.05, 4.69) is 21.2 Å². The summed E-state index contributed by atoms with van der Waals surface area (Å²) in [6.45, 7) is 4.22. The Hall–Kier alpha value is -0.450. The van der Waals surface area contributed by atoms with Crippen LogP contribution in [0.15, 0.2) is 22.7 Å². The van der Waals surface area contributed by atoms with Gasteiger partial charge in [-0.05, 0) is 53.9 Å². The molecule has 16 heavy (non-hydrogen) atoms. The fourth-order valence-corrected chi connectivity index (χ4v) is 1.98. The maximum Gasteiger partial charge on any atom is 0.137 e. The van der Waals surface area contributed by atoms with Crippen molar-refractivity contribution in [1.29, 1.82) is 0 Å². The van der Waals surface area contributed by atoms with Crippen LogP contribution < -0.4 is 5.32 Å². The van der Waals surface area contributed by atoms with E-state index in [0.717, 1.165) is 5.56 Å². The van der Waals surface area contributed by atoms with Gasteiger partial charge in [-0.1, -0.05) is 6.07 Å². The molecule has 2 N–H and O–H groups in total. The zero-order chi connectivity index (χ0) is 12.1. The molecule has 90 valence electrons. The first-order valence-electron chi connectivity index (χ1n) is 5.36. The molecule has 1 aromatic rings. The van der Waals surface area contributed by atoms with Crippen LogP contribution in [0.4, 0.5) is 4.39 Å². The molecule has 0 saturated heterocycles. The predicted molar refractivity (Wildman–Crippen MR) is 66.8 cm³/mol. The van der Waals surface area contributed by atoms with Gasteiger partial charge in [-0.25, -0.2) is 4.39 Å². The minimum Gasteiger partial charge on any atom is -0.396 e. The van der Waals surface area contributed by atoms with Crippen molar-refractivity contribution in [1.82, 2.24) is 5.32 Å². The normalized spacial score (nSPS) is 14.8. The smallest absolute Gasteiger partial charge is 0.137 e. The number of nitrogens with one attached hydrogen (secondary N) is 1. The van der Waals surface area contributed by atoms with Gasteiger partial charge in [-0.3, -0.25) is 0 Å². The highest BCUT2D eigenvalue weighted by Crippen LogP contribution is 2.21. The number of aliphatic hydroxyl groups is 1. The summed E-state index contributed by atoms with van der Waals surface area (Å²) in [6, 6.07) is 5.37. The molecule has 0 fully saturated rings. The van der Waals surface area contributed by atoms with Gasteiger partial charge < -0.3 is 10.4 Å². The molecule has 0 aliphatic rings. The van der Waals surface area contributed by atoms with Gasteiger partial charge in [0, 0.05) is 18.7 Å². The van der Waals surface area contributed by atoms with Crippen LogP contribution in [0.5, 0.6) is 0 Å². The van der Waals surface area contributed by atoms with E-state index >= 15 is 0 Å². The summed E-state index contributed by atoms with van der Waals surface area (Å²) >= 11 is 3.17. The molecule has 2 atom stereocenters. The molecular weight excluding hydrogens is 273 g/mol. The van der Waals surface area contributed by atoms with Crippen LogP contribution in [-0.4, -0.2) is 17.8 Å². The third kappa shape index (κ3) is 3.85. The van der Waals surface area contributed by atoms with E-state index in [1.807, 2.05) is 13.8 Å². The van der Waals surface area contributed by atoms with E-state index in [-0.39, 0.29) is 24.5 Å². The van der Waals surface area contributed by atoms with E-state index in [1.165, 1.54) is 6.07 Å². The van der Waals surface area contributed by atoms with E-state index in [0.29, 0.717) is 10.9 Å². The zero-order valence-electron chi connectivity index (χ0n) is 9.50. The molecule has 2 unspecified atom stereocenters. The predicted octanol–water partition coefficient (Wildman–Crippen LogP) is 3.01. The van der Waals surface area contributed by atoms with Gasteiger partial charge in [-0.2, -0.15) is 0 Å². The second-order valence-electron chi connectivity index (χ2n) is 3.98. The molecule has 4 heteroatoms. The van der Waals surface area contributed by atoms with Gasteiger partial charge in [0.25, 0.3) is 0 Å². The van der Waals surface area contributed by atoms with Crippen molar-refractivity contribution < 1.29 is 9.50 Å². The molecule has 0 heterocycles. The Kier molecular flexibility index (Phi) is 5.38. The summed E-state index contributed by atoms with van der Waals surface area (Å²) in [4.78, 5) is 0. The topological polar surface area (TPSA) is 32.3 Å². The fraction of sp³-hybridized carbons (Fsp3) is 0.500. The summed E-state index contributed by atoms with van der Waals surface area (Å²) in [5, 5.41) is 12.1. The monoisotopic (exact) mass is 289 g/mol. The third-order valence-corrected chi connectivity index (χ3v) is 3.15. The van der Waals surface area contributed by atoms with Crippen LogP contribution in [-0.2, 0) is 0 Å². The molecule has 1 rings (SSSR count). The van der Waals surface area contributed by atoms with Crippen molar-refractivity contribution in [3.63, 3.8) is 0 Å². The number of benzene rings is 1. The number of halogens is 2. The zero-order valence-corrected chi connectivity index (χ0v) is 11.1. The van der Waals surface area contributed by atoms with Crippen molar-refractivity contribution in [2.45, 2.75) is 32.4 Å². The molecule has 0 saturated carbocycles. The molecule has 2 nitrogen and oxygen atoms in total. The first-order chi connectivity index (χ1) is 7.54. The summed E-state index contributed by atoms with van der Waals surface area (Å²) in [5.41, 5.74) is 1.03. The van der Waals surface area contributed by atoms with Crippen molar-refractivity contribution in [2.75, 3.05) is 6.61 Å². The van der Waals surface area contributed by atoms with E-state index in [4.69, 9.17) is 5.11 Å². The lowest BCUT2D eigenvalue weighted by Crippen LogP contribution is -2.29. The number of hydrogen-bond donors (Lipinski definition) is 2. The van der Waals surface area contributed by atoms with Crippen molar-refractivity contribution >= 4 is 15.9 Å². The first kappa shape index (κ1) is 13.6. The summed E-state index contributed by atoms with van der Waals surface area (Å²) in [7, 11) is 0. The van der Waals surface area contributed by atoms with Crippen molar-refractivity contribution in [3.05, 3.63) is 34.1 Å². The Morgan fingerprint density at radius 1 is 1.44 bits per heavy atom. The minimum atomic E-state index is -0.251. The van der Waals surface area contributed by atoms with E-state index < -0.39 is 0 Å². The van der Waals surface area contributed by atoms with Gasteiger partial charge >= 0.3 is 0 Å². The number of hydrogen-bond acceptors (Lipinski definition) is 2. The molecule has 0 aliphatic heterocycles. The maximum atomic E-state index is 13.0. The highest BCUT2D eigenvalue weighted by molar-refractivity contribution is 9.10. The van der Waals surface area contributed by atoms with Gasteiger partial charge in [0.15, 0.2) is 0 Å². The summed E-state index contributed by atoms with van der Waals surface area (Å²) in [5.74, 6) is -0.251. The summed E-state index contributed by atoms with van der Waals surface area (Å²) in [6.07, 6.45) is 0.715. The fourth-order valence-electron chi connectivity index (χ4n) is 1.58. The number of aliphatic hydroxyl groups excluding tert-OH is 1. The lowest BCUT2D eigenvalue weighted by molar-refractivity contribution is 0.264. The van der Waals surface area contributed by atoms with Gasteiger partial charge in [-0.15, -0.1) is 0 Å². The molecular formula is C12H17BrFNO. The molecule has 0 radical (unpaired) electrons. The van der Waals surface area contributed by atoms with Crippen molar-refractivity contribution in [3.8, 4) is 0 Å². The number of rotatable bonds is 5. The standard InChI is InChI=1S/C12H17BrFNO/c1-8(5-6-16)15-9(2)10-3-4-12(14)11(13)7-10/h3-4,7-9,15-16H,5-6H2,1-2H3. The molecule has 0 bridgehead atoms. The molecule has 0 spiro atoms. The maximum absolute atomic E-state index is 13.0. The summed E-state index contributed by atoms with van der Waals surface area (Å²) < 4.78 is 13.5. The lowest BCUT2D eigenvalue weighted by atomic mass is 10.1. The highest BCUT2D eigenvalue weighted by atomic mass is 79.9. The lowest BCUT2D eigenvalue weighted by Gasteiger charge is -2.20. The van der Waals surface area contributed by atoms with Crippen LogP contribution in [0.25, 0.3) is 0 Å². The van der Waals surface area contributed by atoms with Gasteiger partial charge in [0.05, 0.1) is 4.47 Å². The van der Waals surface area contributed by atoms with Crippen LogP contribution in [0, 0.1) is 5.82 Å². The second kappa shape index (κ2) is 6.33. The third-order valence-electron chi connectivity index (χ3n) is 2.54. The van der Waals surface area contributed by atoms with Gasteiger partial charge in [0.2, 0.25) is 0 Å². The Labute approximate surface area is 104 Å². The first-order valence-corrected chi connectivity index (χ1v) is 6.15. The van der Waals surface area contributed by atoms with E-state index in [9.17, 15) is 4.39 Å². The Bertz CT molecular complexity index is 346. The highest BCUT2D eigenvalue weighted by Gasteiger charge is 2.10. The van der Waals surface area contributed by atoms with Crippen LogP contribution in [0.1, 0.15) is 31.9 Å². The molecule has 0 aliphatic carbocycles. The molecule has 1 aromatic carbocycles. The molecule has 0 amide bonds. The van der Waals surface area contributed by atoms with Crippen molar-refractivity contribution in [2.24, 2.45) is 0 Å². The average molecular weight is 290 g/mol. The second-order valence-corrected chi connectivity index (χ2v) is 4.83. The quantitative estimate of drug-likeness (QED) is 0.873. The Balaban J connectivity index is 2.65. The van der Waals surface area contributed by atoms with Crippen LogP contribution in [0.3, 0.4) is 0 Å². The Morgan fingerprint density at radius 3 is 2.69 bits per heavy atom. The van der Waals surface area contributed by atoms with Crippen LogP contribution in [0.2, 0.25) is 0 Å². The molecule has 0 aromatic heterocycles. The largest absolute Gasteiger partial charge is 0.396 e. The van der Waals surface area contributed by atoms with Crippen LogP contribution >= 0.6 is 15.9 Å². The van der Waals surface area contributed by atoms with E-state index in [1.54, 1.807) is 12.1 Å². The minimum absolute atomic E-state index is 0.137.